The van der Waals surface area contributed by atoms with E-state index in [0.717, 1.165) is 10.0 Å². The summed E-state index contributed by atoms with van der Waals surface area (Å²) in [5.41, 5.74) is 1.11. The van der Waals surface area contributed by atoms with Gasteiger partial charge in [-0.2, -0.15) is 0 Å². The van der Waals surface area contributed by atoms with Crippen molar-refractivity contribution in [2.24, 2.45) is 0 Å². The maximum absolute atomic E-state index is 10.7. The van der Waals surface area contributed by atoms with Crippen LogP contribution < -0.4 is 4.74 Å². The molecule has 0 aliphatic rings. The first-order valence-electron chi connectivity index (χ1n) is 5.19. The zero-order chi connectivity index (χ0) is 13.1. The van der Waals surface area contributed by atoms with Gasteiger partial charge in [0.2, 0.25) is 0 Å². The van der Waals surface area contributed by atoms with Gasteiger partial charge >= 0.3 is 5.97 Å². The van der Waals surface area contributed by atoms with E-state index in [1.54, 1.807) is 6.07 Å². The number of carbonyl (C=O) groups is 1. The number of rotatable bonds is 3. The molecule has 0 fully saturated rings. The second-order valence-electron chi connectivity index (χ2n) is 3.72. The highest BCUT2D eigenvalue weighted by Gasteiger charge is 2.06. The Bertz CT molecular complexity index is 581. The normalized spacial score (nSPS) is 10.1. The molecule has 0 atom stereocenters. The van der Waals surface area contributed by atoms with Crippen LogP contribution in [0.25, 0.3) is 0 Å². The van der Waals surface area contributed by atoms with Crippen molar-refractivity contribution < 1.29 is 14.6 Å². The van der Waals surface area contributed by atoms with Gasteiger partial charge in [-0.1, -0.05) is 6.07 Å². The number of pyridine rings is 1. The van der Waals surface area contributed by atoms with Crippen LogP contribution in [0.1, 0.15) is 16.1 Å². The minimum Gasteiger partial charge on any atom is -0.477 e. The van der Waals surface area contributed by atoms with Crippen molar-refractivity contribution in [3.8, 4) is 11.5 Å². The average molecular weight is 308 g/mol. The maximum Gasteiger partial charge on any atom is 0.354 e. The van der Waals surface area contributed by atoms with Gasteiger partial charge in [-0.15, -0.1) is 0 Å². The van der Waals surface area contributed by atoms with Crippen molar-refractivity contribution >= 4 is 21.9 Å². The molecule has 0 aliphatic heterocycles. The lowest BCUT2D eigenvalue weighted by molar-refractivity contribution is 0.0690. The molecule has 18 heavy (non-hydrogen) atoms. The Morgan fingerprint density at radius 2 is 2.11 bits per heavy atom. The predicted molar refractivity (Wildman–Crippen MR) is 70.1 cm³/mol. The fraction of sp³-hybridized carbons (Fsp3) is 0.0769. The summed E-state index contributed by atoms with van der Waals surface area (Å²) in [6.07, 6.45) is 1.38. The van der Waals surface area contributed by atoms with Gasteiger partial charge in [0.15, 0.2) is 0 Å². The summed E-state index contributed by atoms with van der Waals surface area (Å²) in [6.45, 7) is 1.98. The van der Waals surface area contributed by atoms with Crippen molar-refractivity contribution in [2.45, 2.75) is 6.92 Å². The first-order valence-corrected chi connectivity index (χ1v) is 5.99. The Morgan fingerprint density at radius 1 is 1.33 bits per heavy atom. The molecule has 0 amide bonds. The molecular weight excluding hydrogens is 298 g/mol. The first-order chi connectivity index (χ1) is 8.56. The van der Waals surface area contributed by atoms with Gasteiger partial charge in [-0.05, 0) is 52.7 Å². The number of carboxylic acid groups (broad SMARTS) is 1. The fourth-order valence-corrected chi connectivity index (χ4v) is 1.96. The van der Waals surface area contributed by atoms with E-state index in [1.165, 1.54) is 12.3 Å². The summed E-state index contributed by atoms with van der Waals surface area (Å²) in [7, 11) is 0. The lowest BCUT2D eigenvalue weighted by Gasteiger charge is -2.08. The number of aromatic nitrogens is 1. The average Bonchev–Trinajstić information content (AvgIpc) is 2.33. The van der Waals surface area contributed by atoms with Gasteiger partial charge < -0.3 is 9.84 Å². The topological polar surface area (TPSA) is 59.4 Å². The molecule has 2 rings (SSSR count). The van der Waals surface area contributed by atoms with E-state index in [9.17, 15) is 4.79 Å². The molecule has 92 valence electrons. The number of benzene rings is 1. The zero-order valence-corrected chi connectivity index (χ0v) is 11.1. The fourth-order valence-electron chi connectivity index (χ4n) is 1.38. The van der Waals surface area contributed by atoms with Gasteiger partial charge in [0, 0.05) is 0 Å². The van der Waals surface area contributed by atoms with Crippen LogP contribution in [-0.4, -0.2) is 16.1 Å². The molecule has 4 nitrogen and oxygen atoms in total. The molecule has 1 heterocycles. The molecule has 1 aromatic heterocycles. The predicted octanol–water partition coefficient (Wildman–Crippen LogP) is 3.64. The van der Waals surface area contributed by atoms with E-state index in [-0.39, 0.29) is 5.69 Å². The van der Waals surface area contributed by atoms with E-state index in [1.807, 2.05) is 25.1 Å². The summed E-state index contributed by atoms with van der Waals surface area (Å²) < 4.78 is 6.43. The lowest BCUT2D eigenvalue weighted by Crippen LogP contribution is -1.99. The zero-order valence-electron chi connectivity index (χ0n) is 9.55. The number of aryl methyl sites for hydroxylation is 1. The van der Waals surface area contributed by atoms with Crippen LogP contribution in [0.2, 0.25) is 0 Å². The molecule has 0 unspecified atom stereocenters. The first kappa shape index (κ1) is 12.6. The third-order valence-electron chi connectivity index (χ3n) is 2.27. The Labute approximate surface area is 112 Å². The smallest absolute Gasteiger partial charge is 0.354 e. The SMILES string of the molecule is Cc1ccc(Oc2ccc(C(=O)O)nc2)c(Br)c1. The van der Waals surface area contributed by atoms with Gasteiger partial charge in [-0.3, -0.25) is 0 Å². The van der Waals surface area contributed by atoms with Gasteiger partial charge in [0.1, 0.15) is 17.2 Å². The van der Waals surface area contributed by atoms with Crippen molar-refractivity contribution in [2.75, 3.05) is 0 Å². The molecule has 0 bridgehead atoms. The van der Waals surface area contributed by atoms with Crippen LogP contribution in [0, 0.1) is 6.92 Å². The summed E-state index contributed by atoms with van der Waals surface area (Å²) in [5.74, 6) is 0.0908. The summed E-state index contributed by atoms with van der Waals surface area (Å²) in [5, 5.41) is 8.73. The third kappa shape index (κ3) is 2.87. The molecule has 2 aromatic rings. The standard InChI is InChI=1S/C13H10BrNO3/c1-8-2-5-12(10(14)6-8)18-9-3-4-11(13(16)17)15-7-9/h2-7H,1H3,(H,16,17). The van der Waals surface area contributed by atoms with E-state index >= 15 is 0 Å². The molecule has 1 aromatic carbocycles. The van der Waals surface area contributed by atoms with Crippen molar-refractivity contribution in [1.29, 1.82) is 0 Å². The minimum atomic E-state index is -1.06. The molecule has 5 heteroatoms. The number of carboxylic acids is 1. The van der Waals surface area contributed by atoms with Gasteiger partial charge in [-0.25, -0.2) is 9.78 Å². The Balaban J connectivity index is 2.21. The molecule has 0 radical (unpaired) electrons. The van der Waals surface area contributed by atoms with E-state index < -0.39 is 5.97 Å². The van der Waals surface area contributed by atoms with Gasteiger partial charge in [0.25, 0.3) is 0 Å². The Kier molecular flexibility index (Phi) is 3.62. The van der Waals surface area contributed by atoms with Crippen molar-refractivity contribution in [1.82, 2.24) is 4.98 Å². The second-order valence-corrected chi connectivity index (χ2v) is 4.57. The Hall–Kier alpha value is -1.88. The van der Waals surface area contributed by atoms with Crippen molar-refractivity contribution in [3.63, 3.8) is 0 Å². The molecule has 0 saturated carbocycles. The second kappa shape index (κ2) is 5.18. The number of hydrogen-bond donors (Lipinski definition) is 1. The van der Waals surface area contributed by atoms with E-state index in [4.69, 9.17) is 9.84 Å². The summed E-state index contributed by atoms with van der Waals surface area (Å²) in [6, 6.07) is 8.68. The summed E-state index contributed by atoms with van der Waals surface area (Å²) in [4.78, 5) is 14.4. The highest BCUT2D eigenvalue weighted by atomic mass is 79.9. The number of nitrogens with zero attached hydrogens (tertiary/aromatic N) is 1. The Morgan fingerprint density at radius 3 is 2.67 bits per heavy atom. The lowest BCUT2D eigenvalue weighted by atomic mass is 10.2. The minimum absolute atomic E-state index is 0.00896. The van der Waals surface area contributed by atoms with Crippen LogP contribution in [0.4, 0.5) is 0 Å². The number of ether oxygens (including phenoxy) is 1. The number of hydrogen-bond acceptors (Lipinski definition) is 3. The molecule has 0 spiro atoms. The quantitative estimate of drug-likeness (QED) is 0.940. The molecule has 0 saturated heterocycles. The maximum atomic E-state index is 10.7. The third-order valence-corrected chi connectivity index (χ3v) is 2.89. The van der Waals surface area contributed by atoms with E-state index in [2.05, 4.69) is 20.9 Å². The largest absolute Gasteiger partial charge is 0.477 e. The van der Waals surface area contributed by atoms with Crippen LogP contribution in [0.3, 0.4) is 0 Å². The van der Waals surface area contributed by atoms with Crippen LogP contribution >= 0.6 is 15.9 Å². The van der Waals surface area contributed by atoms with Crippen LogP contribution in [0.15, 0.2) is 41.0 Å². The highest BCUT2D eigenvalue weighted by Crippen LogP contribution is 2.29. The number of halogens is 1. The van der Waals surface area contributed by atoms with E-state index in [0.29, 0.717) is 11.5 Å². The summed E-state index contributed by atoms with van der Waals surface area (Å²) >= 11 is 3.40. The number of aromatic carboxylic acids is 1. The van der Waals surface area contributed by atoms with Crippen molar-refractivity contribution in [3.05, 3.63) is 52.3 Å². The van der Waals surface area contributed by atoms with Crippen LogP contribution in [0.5, 0.6) is 11.5 Å². The molecule has 1 N–H and O–H groups in total. The molecule has 0 aliphatic carbocycles. The highest BCUT2D eigenvalue weighted by molar-refractivity contribution is 9.10. The van der Waals surface area contributed by atoms with Gasteiger partial charge in [0.05, 0.1) is 10.7 Å². The molecular formula is C13H10BrNO3. The van der Waals surface area contributed by atoms with Crippen LogP contribution in [-0.2, 0) is 0 Å². The monoisotopic (exact) mass is 307 g/mol.